The molecule has 0 amide bonds. The first-order valence-corrected chi connectivity index (χ1v) is 8.66. The number of rotatable bonds is 0. The van der Waals surface area contributed by atoms with E-state index >= 15 is 0 Å². The normalized spacial score (nSPS) is 32.7. The summed E-state index contributed by atoms with van der Waals surface area (Å²) in [7, 11) is -3.62. The van der Waals surface area contributed by atoms with Crippen molar-refractivity contribution in [2.45, 2.75) is 0 Å². The third-order valence-electron chi connectivity index (χ3n) is 0.833. The molecule has 11 heteroatoms. The molecule has 0 aliphatic carbocycles. The van der Waals surface area contributed by atoms with Crippen LogP contribution in [-0.2, 0) is 20.6 Å². The second kappa shape index (κ2) is 8.94. The minimum absolute atomic E-state index is 0. The van der Waals surface area contributed by atoms with Gasteiger partial charge in [-0.25, -0.2) is 0 Å². The first kappa shape index (κ1) is 11.8. The van der Waals surface area contributed by atoms with Gasteiger partial charge in [0.05, 0.1) is 0 Å². The largest absolute Gasteiger partial charge is 0.425 e. The van der Waals surface area contributed by atoms with Crippen molar-refractivity contribution in [3.63, 3.8) is 0 Å². The topological polar surface area (TPSA) is 77.7 Å². The summed E-state index contributed by atoms with van der Waals surface area (Å²) >= 11 is 0. The standard InChI is InChI=1S/H10O5Si5.H2O/c1-6-2-8-4-10-5-9-3-7-1;/h6-10H2;1H2. The smallest absolute Gasteiger partial charge is 0.286 e. The highest BCUT2D eigenvalue weighted by Gasteiger charge is 1.97. The zero-order valence-electron chi connectivity index (χ0n) is 6.08. The van der Waals surface area contributed by atoms with E-state index < -0.39 is 50.0 Å². The maximum atomic E-state index is 5.17. The number of hydrogen-bond donors (Lipinski definition) is 0. The fourth-order valence-corrected chi connectivity index (χ4v) is 9.49. The Balaban J connectivity index is 0.000001000. The summed E-state index contributed by atoms with van der Waals surface area (Å²) in [5.41, 5.74) is 0. The third kappa shape index (κ3) is 7.21. The van der Waals surface area contributed by atoms with Gasteiger partial charge in [-0.3, -0.25) is 0 Å². The molecule has 1 aliphatic rings. The fraction of sp³-hybridized carbons (Fsp3) is 0. The number of hydrogen-bond acceptors (Lipinski definition) is 5. The molecular weight excluding hydrogens is 236 g/mol. The summed E-state index contributed by atoms with van der Waals surface area (Å²) in [6.45, 7) is 0. The van der Waals surface area contributed by atoms with Gasteiger partial charge < -0.3 is 26.1 Å². The van der Waals surface area contributed by atoms with E-state index in [2.05, 4.69) is 0 Å². The molecule has 0 bridgehead atoms. The minimum Gasteiger partial charge on any atom is -0.425 e. The highest BCUT2D eigenvalue weighted by molar-refractivity contribution is 6.50. The molecule has 0 aromatic carbocycles. The Labute approximate surface area is 76.5 Å². The van der Waals surface area contributed by atoms with Crippen molar-refractivity contribution >= 4 is 50.0 Å². The molecular formula is H12O6Si5. The molecule has 6 nitrogen and oxygen atoms in total. The molecule has 0 atom stereocenters. The van der Waals surface area contributed by atoms with Gasteiger partial charge in [0.15, 0.2) is 0 Å². The van der Waals surface area contributed by atoms with E-state index in [0.29, 0.717) is 0 Å². The predicted octanol–water partition coefficient (Wildman–Crippen LogP) is -5.75. The van der Waals surface area contributed by atoms with Gasteiger partial charge in [-0.05, 0) is 0 Å². The van der Waals surface area contributed by atoms with Crippen LogP contribution in [0, 0.1) is 0 Å². The Hall–Kier alpha value is 0.844. The Bertz CT molecular complexity index is 44.2. The summed E-state index contributed by atoms with van der Waals surface area (Å²) < 4.78 is 25.8. The zero-order chi connectivity index (χ0) is 7.07. The first-order valence-electron chi connectivity index (χ1n) is 2.89. The molecule has 0 unspecified atom stereocenters. The molecule has 0 radical (unpaired) electrons. The molecule has 1 saturated heterocycles. The second-order valence-corrected chi connectivity index (χ2v) is 11.0. The van der Waals surface area contributed by atoms with E-state index in [0.717, 1.165) is 0 Å². The van der Waals surface area contributed by atoms with Crippen LogP contribution in [0.4, 0.5) is 0 Å². The van der Waals surface area contributed by atoms with Crippen LogP contribution < -0.4 is 0 Å². The van der Waals surface area contributed by atoms with Crippen LogP contribution in [0.2, 0.25) is 0 Å². The predicted molar refractivity (Wildman–Crippen MR) is 51.8 cm³/mol. The first-order chi connectivity index (χ1) is 5.00. The van der Waals surface area contributed by atoms with E-state index in [-0.39, 0.29) is 5.48 Å². The molecule has 0 saturated carbocycles. The molecule has 11 heavy (non-hydrogen) atoms. The molecule has 1 rings (SSSR count). The van der Waals surface area contributed by atoms with Crippen molar-refractivity contribution in [1.82, 2.24) is 0 Å². The lowest BCUT2D eigenvalue weighted by Crippen LogP contribution is -2.23. The van der Waals surface area contributed by atoms with E-state index in [9.17, 15) is 0 Å². The lowest BCUT2D eigenvalue weighted by atomic mass is 15.7. The Kier molecular flexibility index (Phi) is 9.62. The van der Waals surface area contributed by atoms with Gasteiger partial charge in [0.2, 0.25) is 0 Å². The van der Waals surface area contributed by atoms with Crippen LogP contribution in [-0.4, -0.2) is 55.5 Å². The molecule has 1 heterocycles. The van der Waals surface area contributed by atoms with Gasteiger partial charge in [-0.2, -0.15) is 0 Å². The summed E-state index contributed by atoms with van der Waals surface area (Å²) in [6.07, 6.45) is 0. The SMILES string of the molecule is O.O1[SiH2]O[SiH2]O[SiH2]O[SiH2]O[SiH2]1. The summed E-state index contributed by atoms with van der Waals surface area (Å²) in [6, 6.07) is 0. The molecule has 0 spiro atoms. The fourth-order valence-electron chi connectivity index (χ4n) is 0.465. The van der Waals surface area contributed by atoms with Crippen LogP contribution >= 0.6 is 0 Å². The van der Waals surface area contributed by atoms with Crippen LogP contribution in [0.15, 0.2) is 0 Å². The maximum absolute atomic E-state index is 5.17. The van der Waals surface area contributed by atoms with Gasteiger partial charge in [0, 0.05) is 0 Å². The van der Waals surface area contributed by atoms with Crippen molar-refractivity contribution in [2.24, 2.45) is 0 Å². The van der Waals surface area contributed by atoms with Crippen molar-refractivity contribution in [1.29, 1.82) is 0 Å². The lowest BCUT2D eigenvalue weighted by molar-refractivity contribution is 0.347. The van der Waals surface area contributed by atoms with E-state index in [1.807, 2.05) is 0 Å². The average Bonchev–Trinajstić information content (AvgIpc) is 2.01. The van der Waals surface area contributed by atoms with Gasteiger partial charge >= 0.3 is 0 Å². The van der Waals surface area contributed by atoms with E-state index in [1.165, 1.54) is 0 Å². The highest BCUT2D eigenvalue weighted by Crippen LogP contribution is 1.79. The van der Waals surface area contributed by atoms with Crippen molar-refractivity contribution in [3.05, 3.63) is 0 Å². The monoisotopic (exact) mass is 248 g/mol. The van der Waals surface area contributed by atoms with Crippen LogP contribution in [0.1, 0.15) is 0 Å². The van der Waals surface area contributed by atoms with Crippen molar-refractivity contribution < 1.29 is 26.1 Å². The molecule has 0 aromatic rings. The van der Waals surface area contributed by atoms with Gasteiger partial charge in [-0.1, -0.05) is 0 Å². The summed E-state index contributed by atoms with van der Waals surface area (Å²) in [5, 5.41) is 0. The Morgan fingerprint density at radius 3 is 0.818 bits per heavy atom. The van der Waals surface area contributed by atoms with E-state index in [4.69, 9.17) is 20.6 Å². The van der Waals surface area contributed by atoms with Crippen LogP contribution in [0.3, 0.4) is 0 Å². The van der Waals surface area contributed by atoms with Crippen LogP contribution in [0.25, 0.3) is 0 Å². The zero-order valence-corrected chi connectivity index (χ0v) is 13.1. The average molecular weight is 249 g/mol. The van der Waals surface area contributed by atoms with Crippen LogP contribution in [0.5, 0.6) is 0 Å². The molecule has 0 aromatic heterocycles. The minimum atomic E-state index is -0.724. The van der Waals surface area contributed by atoms with Gasteiger partial charge in [0.25, 0.3) is 50.0 Å². The van der Waals surface area contributed by atoms with Crippen molar-refractivity contribution in [2.75, 3.05) is 0 Å². The molecule has 1 fully saturated rings. The molecule has 68 valence electrons. The Morgan fingerprint density at radius 2 is 0.636 bits per heavy atom. The lowest BCUT2D eigenvalue weighted by Gasteiger charge is -2.10. The summed E-state index contributed by atoms with van der Waals surface area (Å²) in [4.78, 5) is 0. The van der Waals surface area contributed by atoms with Crippen molar-refractivity contribution in [3.8, 4) is 0 Å². The third-order valence-corrected chi connectivity index (χ3v) is 7.50. The Morgan fingerprint density at radius 1 is 0.455 bits per heavy atom. The van der Waals surface area contributed by atoms with Gasteiger partial charge in [0.1, 0.15) is 0 Å². The summed E-state index contributed by atoms with van der Waals surface area (Å²) in [5.74, 6) is 0. The van der Waals surface area contributed by atoms with E-state index in [1.54, 1.807) is 0 Å². The molecule has 2 N–H and O–H groups in total. The maximum Gasteiger partial charge on any atom is 0.286 e. The van der Waals surface area contributed by atoms with Gasteiger partial charge in [-0.15, -0.1) is 0 Å². The quantitative estimate of drug-likeness (QED) is 0.399. The second-order valence-electron chi connectivity index (χ2n) is 1.61. The molecule has 1 aliphatic heterocycles. The highest BCUT2D eigenvalue weighted by atomic mass is 28.4.